The molecule has 2 fully saturated rings. The zero-order valence-corrected chi connectivity index (χ0v) is 27.6. The van der Waals surface area contributed by atoms with Crippen molar-refractivity contribution in [1.29, 1.82) is 0 Å². The van der Waals surface area contributed by atoms with Gasteiger partial charge in [-0.25, -0.2) is 0 Å². The Morgan fingerprint density at radius 3 is 1.61 bits per heavy atom. The van der Waals surface area contributed by atoms with E-state index < -0.39 is 98.9 Å². The first-order chi connectivity index (χ1) is 18.4. The van der Waals surface area contributed by atoms with Gasteiger partial charge in [0.2, 0.25) is 0 Å². The summed E-state index contributed by atoms with van der Waals surface area (Å²) in [6.45, 7) is 0.779. The average molecular weight is 615 g/mol. The number of aliphatic carboxylic acids is 2. The number of ether oxygens (including phenoxy) is 3. The third-order valence-electron chi connectivity index (χ3n) is 6.25. The maximum Gasteiger partial charge on any atom is 1.00 e. The first-order valence-corrected chi connectivity index (χ1v) is 12.7. The van der Waals surface area contributed by atoms with Crippen molar-refractivity contribution < 1.29 is 134 Å². The first kappa shape index (κ1) is 43.4. The molecule has 2 rings (SSSR count). The maximum absolute atomic E-state index is 10.5. The molecule has 1 unspecified atom stereocenters. The molecular weight excluding hydrogens is 574 g/mol. The van der Waals surface area contributed by atoms with E-state index >= 15 is 0 Å². The van der Waals surface area contributed by atoms with Gasteiger partial charge in [0, 0.05) is 17.9 Å². The Morgan fingerprint density at radius 2 is 1.24 bits per heavy atom. The Hall–Kier alpha value is 0.240. The molecular formula is C24H40Na2O15. The summed E-state index contributed by atoms with van der Waals surface area (Å²) in [6.07, 6.45) is -7.83. The number of allylic oxidation sites excluding steroid dienone is 1. The second-order valence-corrected chi connectivity index (χ2v) is 9.31. The predicted molar refractivity (Wildman–Crippen MR) is 125 cm³/mol. The Balaban J connectivity index is 0. The van der Waals surface area contributed by atoms with E-state index in [1.807, 2.05) is 0 Å². The van der Waals surface area contributed by atoms with Gasteiger partial charge in [0.05, 0.1) is 13.2 Å². The van der Waals surface area contributed by atoms with E-state index in [2.05, 4.69) is 6.92 Å². The molecule has 2 aliphatic heterocycles. The molecule has 0 aliphatic carbocycles. The molecule has 2 aliphatic rings. The fraction of sp³-hybridized carbons (Fsp3) is 0.833. The molecule has 2 heterocycles. The van der Waals surface area contributed by atoms with Crippen LogP contribution >= 0.6 is 0 Å². The van der Waals surface area contributed by atoms with E-state index in [1.54, 1.807) is 6.08 Å². The van der Waals surface area contributed by atoms with E-state index in [9.17, 15) is 50.4 Å². The van der Waals surface area contributed by atoms with Gasteiger partial charge in [-0.1, -0.05) is 38.3 Å². The zero-order valence-electron chi connectivity index (χ0n) is 23.6. The van der Waals surface area contributed by atoms with Gasteiger partial charge in [0.1, 0.15) is 48.8 Å². The van der Waals surface area contributed by atoms with Crippen LogP contribution in [0.4, 0.5) is 0 Å². The molecule has 0 aromatic heterocycles. The molecule has 228 valence electrons. The summed E-state index contributed by atoms with van der Waals surface area (Å²) in [6, 6.07) is 0. The van der Waals surface area contributed by atoms with Crippen LogP contribution in [0, 0.1) is 5.92 Å². The zero-order chi connectivity index (χ0) is 29.7. The van der Waals surface area contributed by atoms with Crippen molar-refractivity contribution >= 4 is 11.9 Å². The molecule has 17 heteroatoms. The minimum Gasteiger partial charge on any atom is -0.550 e. The van der Waals surface area contributed by atoms with Gasteiger partial charge in [0.25, 0.3) is 0 Å². The standard InChI is InChI=1S/C12H22O11.C12H20O4.2Na/c13-1-3-5(15)7(17)9(19)11(21-3)23-12-10(20)8(18)6(16)4(2-14)22-12;1-2-3-4-5-6-7-8-10(12(15)16)9-11(13)14;;/h3-20H,1-2H2;7-8,10H,2-6,9H2,1H3,(H,13,14)(H,15,16);;/q;;2*+1/p-2/t3-,4-,5-,6-,7+,8+,9-,10-,11-,12-;;;/m1.../s1. The van der Waals surface area contributed by atoms with Crippen molar-refractivity contribution in [2.24, 2.45) is 5.92 Å². The van der Waals surface area contributed by atoms with E-state index in [-0.39, 0.29) is 59.1 Å². The number of hydrogen-bond donors (Lipinski definition) is 8. The molecule has 11 atom stereocenters. The molecule has 0 radical (unpaired) electrons. The number of aliphatic hydroxyl groups excluding tert-OH is 8. The van der Waals surface area contributed by atoms with E-state index in [0.29, 0.717) is 0 Å². The predicted octanol–water partition coefficient (Wildman–Crippen LogP) is -11.4. The number of hydrogen-bond acceptors (Lipinski definition) is 15. The Bertz CT molecular complexity index is 723. The third kappa shape index (κ3) is 14.3. The minimum absolute atomic E-state index is 0. The van der Waals surface area contributed by atoms with Crippen molar-refractivity contribution in [3.63, 3.8) is 0 Å². The van der Waals surface area contributed by atoms with Crippen LogP contribution in [-0.4, -0.2) is 127 Å². The van der Waals surface area contributed by atoms with Crippen LogP contribution in [0.2, 0.25) is 0 Å². The Kier molecular flexibility index (Phi) is 24.0. The molecule has 0 amide bonds. The molecule has 0 aromatic rings. The quantitative estimate of drug-likeness (QED) is 0.0543. The molecule has 8 N–H and O–H groups in total. The molecule has 0 bridgehead atoms. The number of aliphatic hydroxyl groups is 8. The summed E-state index contributed by atoms with van der Waals surface area (Å²) < 4.78 is 15.3. The number of unbranched alkanes of at least 4 members (excludes halogenated alkanes) is 4. The summed E-state index contributed by atoms with van der Waals surface area (Å²) in [7, 11) is 0. The van der Waals surface area contributed by atoms with Gasteiger partial charge in [0.15, 0.2) is 12.6 Å². The topological polar surface area (TPSA) is 270 Å². The fourth-order valence-electron chi connectivity index (χ4n) is 3.85. The summed E-state index contributed by atoms with van der Waals surface area (Å²) >= 11 is 0. The van der Waals surface area contributed by atoms with Gasteiger partial charge < -0.3 is 74.9 Å². The third-order valence-corrected chi connectivity index (χ3v) is 6.25. The summed E-state index contributed by atoms with van der Waals surface area (Å²) in [5, 5.41) is 97.2. The number of rotatable bonds is 13. The van der Waals surface area contributed by atoms with Crippen molar-refractivity contribution in [2.75, 3.05) is 13.2 Å². The average Bonchev–Trinajstić information content (AvgIpc) is 2.90. The maximum atomic E-state index is 10.5. The molecule has 0 aromatic carbocycles. The van der Waals surface area contributed by atoms with Gasteiger partial charge >= 0.3 is 59.1 Å². The van der Waals surface area contributed by atoms with Gasteiger partial charge in [-0.2, -0.15) is 0 Å². The van der Waals surface area contributed by atoms with Crippen molar-refractivity contribution in [2.45, 2.75) is 107 Å². The van der Waals surface area contributed by atoms with Crippen molar-refractivity contribution in [3.8, 4) is 0 Å². The number of carboxylic acid groups (broad SMARTS) is 2. The van der Waals surface area contributed by atoms with E-state index in [0.717, 1.165) is 32.1 Å². The van der Waals surface area contributed by atoms with Crippen LogP contribution < -0.4 is 69.3 Å². The molecule has 0 spiro atoms. The minimum atomic E-state index is -1.72. The second-order valence-electron chi connectivity index (χ2n) is 9.31. The molecule has 2 saturated heterocycles. The smallest absolute Gasteiger partial charge is 0.550 e. The van der Waals surface area contributed by atoms with Crippen molar-refractivity contribution in [3.05, 3.63) is 12.2 Å². The summed E-state index contributed by atoms with van der Waals surface area (Å²) in [5.74, 6) is -3.81. The van der Waals surface area contributed by atoms with Gasteiger partial charge in [-0.15, -0.1) is 0 Å². The normalized spacial score (nSPS) is 34.0. The fourth-order valence-corrected chi connectivity index (χ4v) is 3.85. The summed E-state index contributed by atoms with van der Waals surface area (Å²) in [5.41, 5.74) is 0. The van der Waals surface area contributed by atoms with Crippen LogP contribution in [-0.2, 0) is 23.8 Å². The number of carboxylic acids is 2. The van der Waals surface area contributed by atoms with Crippen LogP contribution in [0.25, 0.3) is 0 Å². The Morgan fingerprint density at radius 1 is 0.780 bits per heavy atom. The monoisotopic (exact) mass is 614 g/mol. The molecule has 15 nitrogen and oxygen atoms in total. The molecule has 41 heavy (non-hydrogen) atoms. The Labute approximate surface area is 282 Å². The van der Waals surface area contributed by atoms with E-state index in [4.69, 9.17) is 24.4 Å². The number of carbonyl (C=O) groups excluding carboxylic acids is 2. The largest absolute Gasteiger partial charge is 1.00 e. The van der Waals surface area contributed by atoms with Crippen LogP contribution in [0.15, 0.2) is 12.2 Å². The second kappa shape index (κ2) is 22.7. The molecule has 0 saturated carbocycles. The van der Waals surface area contributed by atoms with Gasteiger partial charge in [-0.05, 0) is 19.3 Å². The first-order valence-electron chi connectivity index (χ1n) is 12.7. The van der Waals surface area contributed by atoms with Crippen LogP contribution in [0.3, 0.4) is 0 Å². The van der Waals surface area contributed by atoms with Crippen molar-refractivity contribution in [1.82, 2.24) is 0 Å². The van der Waals surface area contributed by atoms with Crippen LogP contribution in [0.5, 0.6) is 0 Å². The van der Waals surface area contributed by atoms with Crippen LogP contribution in [0.1, 0.15) is 45.4 Å². The summed E-state index contributed by atoms with van der Waals surface area (Å²) in [4.78, 5) is 20.8. The van der Waals surface area contributed by atoms with Gasteiger partial charge in [-0.3, -0.25) is 0 Å². The SMILES string of the molecule is CCCCCCC=CC(CC(=O)[O-])C(=O)[O-].OC[C@H]1O[C@H](O[C@H]2O[C@H](CO)[C@@H](O)[C@H](O)[C@H]2O)[C@H](O)[C@@H](O)[C@@H]1O.[Na+].[Na+]. The number of carbonyl (C=O) groups is 2. The van der Waals surface area contributed by atoms with E-state index in [1.165, 1.54) is 6.08 Å².